The number of nitrogens with zero attached hydrogens (tertiary/aromatic N) is 1. The summed E-state index contributed by atoms with van der Waals surface area (Å²) in [6.07, 6.45) is 0. The van der Waals surface area contributed by atoms with Crippen LogP contribution < -0.4 is 14.8 Å². The average molecular weight is 408 g/mol. The minimum Gasteiger partial charge on any atom is -0.493 e. The van der Waals surface area contributed by atoms with Gasteiger partial charge in [0.1, 0.15) is 0 Å². The molecular formula is C20H28N2O7. The van der Waals surface area contributed by atoms with Gasteiger partial charge < -0.3 is 24.4 Å². The van der Waals surface area contributed by atoms with Crippen molar-refractivity contribution < 1.29 is 33.4 Å². The van der Waals surface area contributed by atoms with E-state index in [2.05, 4.69) is 5.32 Å². The van der Waals surface area contributed by atoms with Crippen molar-refractivity contribution in [3.8, 4) is 11.5 Å². The van der Waals surface area contributed by atoms with Crippen LogP contribution in [-0.2, 0) is 19.1 Å². The summed E-state index contributed by atoms with van der Waals surface area (Å²) in [5.41, 5.74) is 0.0370. The molecule has 0 saturated heterocycles. The van der Waals surface area contributed by atoms with Crippen molar-refractivity contribution in [3.63, 3.8) is 0 Å². The van der Waals surface area contributed by atoms with Gasteiger partial charge >= 0.3 is 5.97 Å². The second-order valence-electron chi connectivity index (χ2n) is 7.42. The Morgan fingerprint density at radius 1 is 1.07 bits per heavy atom. The molecule has 0 unspecified atom stereocenters. The number of ether oxygens (including phenoxy) is 3. The Kier molecular flexibility index (Phi) is 8.62. The molecule has 0 aliphatic carbocycles. The lowest BCUT2D eigenvalue weighted by Gasteiger charge is -2.23. The minimum absolute atomic E-state index is 0.131. The third-order valence-corrected chi connectivity index (χ3v) is 3.59. The van der Waals surface area contributed by atoms with Gasteiger partial charge in [-0.1, -0.05) is 0 Å². The molecule has 0 spiro atoms. The second kappa shape index (κ2) is 10.4. The van der Waals surface area contributed by atoms with E-state index in [1.165, 1.54) is 38.1 Å². The molecule has 2 amide bonds. The van der Waals surface area contributed by atoms with Crippen molar-refractivity contribution in [1.29, 1.82) is 0 Å². The highest BCUT2D eigenvalue weighted by Crippen LogP contribution is 2.28. The number of hydrogen-bond acceptors (Lipinski definition) is 7. The molecular weight excluding hydrogens is 380 g/mol. The van der Waals surface area contributed by atoms with Gasteiger partial charge in [0.15, 0.2) is 30.5 Å². The number of methoxy groups -OCH3 is 1. The van der Waals surface area contributed by atoms with Gasteiger partial charge in [0.25, 0.3) is 5.91 Å². The molecule has 0 aromatic heterocycles. The molecule has 0 aliphatic heterocycles. The zero-order chi connectivity index (χ0) is 22.2. The molecule has 9 heteroatoms. The van der Waals surface area contributed by atoms with E-state index in [0.29, 0.717) is 11.3 Å². The van der Waals surface area contributed by atoms with Crippen LogP contribution in [-0.4, -0.2) is 67.9 Å². The summed E-state index contributed by atoms with van der Waals surface area (Å²) in [5, 5.41) is 2.74. The molecule has 160 valence electrons. The number of amides is 2. The van der Waals surface area contributed by atoms with Gasteiger partial charge in [-0.2, -0.15) is 0 Å². The van der Waals surface area contributed by atoms with Gasteiger partial charge in [0, 0.05) is 18.2 Å². The maximum Gasteiger partial charge on any atom is 0.344 e. The van der Waals surface area contributed by atoms with Gasteiger partial charge in [-0.3, -0.25) is 14.4 Å². The normalized spacial score (nSPS) is 10.7. The minimum atomic E-state index is -0.761. The number of benzene rings is 1. The summed E-state index contributed by atoms with van der Waals surface area (Å²) in [7, 11) is 2.85. The summed E-state index contributed by atoms with van der Waals surface area (Å²) >= 11 is 0. The molecule has 1 aromatic rings. The van der Waals surface area contributed by atoms with Crippen molar-refractivity contribution in [3.05, 3.63) is 23.8 Å². The predicted octanol–water partition coefficient (Wildman–Crippen LogP) is 1.19. The Labute approximate surface area is 170 Å². The summed E-state index contributed by atoms with van der Waals surface area (Å²) in [6, 6.07) is 4.56. The van der Waals surface area contributed by atoms with Crippen LogP contribution in [0.25, 0.3) is 0 Å². The number of Topliss-reactive ketones (excluding diaryl/α,β-unsaturated/α-hetero) is 1. The number of nitrogens with one attached hydrogen (secondary N) is 1. The molecule has 0 bridgehead atoms. The van der Waals surface area contributed by atoms with E-state index in [-0.39, 0.29) is 24.0 Å². The molecule has 0 aliphatic rings. The van der Waals surface area contributed by atoms with Gasteiger partial charge in [0.05, 0.1) is 13.7 Å². The number of carbonyl (C=O) groups excluding carboxylic acids is 4. The summed E-state index contributed by atoms with van der Waals surface area (Å²) < 4.78 is 15.4. The summed E-state index contributed by atoms with van der Waals surface area (Å²) in [6.45, 7) is 5.81. The smallest absolute Gasteiger partial charge is 0.344 e. The van der Waals surface area contributed by atoms with E-state index in [1.54, 1.807) is 6.07 Å². The fourth-order valence-corrected chi connectivity index (χ4v) is 2.20. The van der Waals surface area contributed by atoms with E-state index in [9.17, 15) is 19.2 Å². The van der Waals surface area contributed by atoms with Crippen molar-refractivity contribution in [2.45, 2.75) is 33.2 Å². The highest BCUT2D eigenvalue weighted by molar-refractivity contribution is 5.94. The van der Waals surface area contributed by atoms with Crippen LogP contribution in [0.4, 0.5) is 0 Å². The van der Waals surface area contributed by atoms with E-state index >= 15 is 0 Å². The zero-order valence-corrected chi connectivity index (χ0v) is 17.7. The molecule has 0 saturated carbocycles. The lowest BCUT2D eigenvalue weighted by atomic mass is 10.1. The van der Waals surface area contributed by atoms with Crippen molar-refractivity contribution in [2.75, 3.05) is 33.9 Å². The van der Waals surface area contributed by atoms with Crippen LogP contribution in [0.3, 0.4) is 0 Å². The predicted molar refractivity (Wildman–Crippen MR) is 105 cm³/mol. The molecule has 29 heavy (non-hydrogen) atoms. The standard InChI is InChI=1S/C20H28N2O7/c1-13(23)14-7-8-15(16(9-14)27-6)28-12-19(26)29-11-18(25)22(5)10-17(24)21-20(2,3)4/h7-9H,10-12H2,1-6H3,(H,21,24). The first-order valence-corrected chi connectivity index (χ1v) is 8.95. The number of likely N-dealkylation sites (N-methyl/N-ethyl adjacent to an activating group) is 1. The van der Waals surface area contributed by atoms with Crippen LogP contribution in [0.1, 0.15) is 38.1 Å². The Morgan fingerprint density at radius 3 is 2.28 bits per heavy atom. The van der Waals surface area contributed by atoms with Crippen molar-refractivity contribution in [1.82, 2.24) is 10.2 Å². The van der Waals surface area contributed by atoms with E-state index in [1.807, 2.05) is 20.8 Å². The Balaban J connectivity index is 2.48. The molecule has 0 atom stereocenters. The maximum atomic E-state index is 12.0. The van der Waals surface area contributed by atoms with E-state index in [0.717, 1.165) is 0 Å². The van der Waals surface area contributed by atoms with Gasteiger partial charge in [-0.25, -0.2) is 4.79 Å². The monoisotopic (exact) mass is 408 g/mol. The quantitative estimate of drug-likeness (QED) is 0.483. The molecule has 0 fully saturated rings. The largest absolute Gasteiger partial charge is 0.493 e. The lowest BCUT2D eigenvalue weighted by molar-refractivity contribution is -0.153. The fourth-order valence-electron chi connectivity index (χ4n) is 2.20. The molecule has 1 rings (SSSR count). The van der Waals surface area contributed by atoms with E-state index < -0.39 is 30.6 Å². The van der Waals surface area contributed by atoms with E-state index in [4.69, 9.17) is 14.2 Å². The lowest BCUT2D eigenvalue weighted by Crippen LogP contribution is -2.47. The van der Waals surface area contributed by atoms with Crippen LogP contribution in [0.5, 0.6) is 11.5 Å². The number of hydrogen-bond donors (Lipinski definition) is 1. The van der Waals surface area contributed by atoms with Gasteiger partial charge in [0.2, 0.25) is 5.91 Å². The highest BCUT2D eigenvalue weighted by atomic mass is 16.6. The Bertz CT molecular complexity index is 769. The third-order valence-electron chi connectivity index (χ3n) is 3.59. The van der Waals surface area contributed by atoms with Gasteiger partial charge in [-0.15, -0.1) is 0 Å². The van der Waals surface area contributed by atoms with Crippen LogP contribution >= 0.6 is 0 Å². The number of esters is 1. The summed E-state index contributed by atoms with van der Waals surface area (Å²) in [4.78, 5) is 48.2. The second-order valence-corrected chi connectivity index (χ2v) is 7.42. The molecule has 1 aromatic carbocycles. The molecule has 9 nitrogen and oxygen atoms in total. The van der Waals surface area contributed by atoms with Crippen molar-refractivity contribution >= 4 is 23.6 Å². The number of rotatable bonds is 9. The Morgan fingerprint density at radius 2 is 1.72 bits per heavy atom. The zero-order valence-electron chi connectivity index (χ0n) is 17.7. The highest BCUT2D eigenvalue weighted by Gasteiger charge is 2.19. The SMILES string of the molecule is COc1cc(C(C)=O)ccc1OCC(=O)OCC(=O)N(C)CC(=O)NC(C)(C)C. The topological polar surface area (TPSA) is 111 Å². The third kappa shape index (κ3) is 8.63. The van der Waals surface area contributed by atoms with Crippen molar-refractivity contribution in [2.24, 2.45) is 0 Å². The first-order chi connectivity index (χ1) is 13.4. The van der Waals surface area contributed by atoms with Gasteiger partial charge in [-0.05, 0) is 45.9 Å². The average Bonchev–Trinajstić information content (AvgIpc) is 2.62. The maximum absolute atomic E-state index is 12.0. The van der Waals surface area contributed by atoms with Crippen LogP contribution in [0.15, 0.2) is 18.2 Å². The molecule has 0 radical (unpaired) electrons. The first kappa shape index (κ1) is 23.9. The molecule has 0 heterocycles. The molecule has 1 N–H and O–H groups in total. The Hall–Kier alpha value is -3.10. The number of ketones is 1. The summed E-state index contributed by atoms with van der Waals surface area (Å²) in [5.74, 6) is -1.17. The van der Waals surface area contributed by atoms with Crippen LogP contribution in [0.2, 0.25) is 0 Å². The fraction of sp³-hybridized carbons (Fsp3) is 0.500. The first-order valence-electron chi connectivity index (χ1n) is 8.95. The van der Waals surface area contributed by atoms with Crippen LogP contribution in [0, 0.1) is 0 Å². The number of carbonyl (C=O) groups is 4.